The fraction of sp³-hybridized carbons (Fsp3) is 0. The Labute approximate surface area is 119 Å². The van der Waals surface area contributed by atoms with E-state index >= 15 is 0 Å². The first kappa shape index (κ1) is 14.0. The van der Waals surface area contributed by atoms with Gasteiger partial charge in [-0.3, -0.25) is 4.72 Å². The first-order valence-corrected chi connectivity index (χ1v) is 7.22. The average molecular weight is 321 g/mol. The minimum Gasteiger partial charge on any atom is -0.278 e. The van der Waals surface area contributed by atoms with Crippen LogP contribution in [0.25, 0.3) is 0 Å². The van der Waals surface area contributed by atoms with E-state index in [0.717, 1.165) is 18.3 Å². The molecule has 2 aromatic rings. The van der Waals surface area contributed by atoms with Crippen LogP contribution in [0.3, 0.4) is 0 Å². The lowest BCUT2D eigenvalue weighted by Gasteiger charge is -2.09. The maximum atomic E-state index is 13.1. The van der Waals surface area contributed by atoms with E-state index in [4.69, 9.17) is 23.2 Å². The number of nitrogens with one attached hydrogen (secondary N) is 1. The molecular weight excluding hydrogens is 314 g/mol. The highest BCUT2D eigenvalue weighted by molar-refractivity contribution is 7.92. The lowest BCUT2D eigenvalue weighted by atomic mass is 10.3. The first-order valence-electron chi connectivity index (χ1n) is 4.98. The third-order valence-electron chi connectivity index (χ3n) is 2.18. The van der Waals surface area contributed by atoms with Crippen molar-refractivity contribution in [1.82, 2.24) is 4.98 Å². The van der Waals surface area contributed by atoms with E-state index in [1.165, 1.54) is 18.2 Å². The zero-order valence-corrected chi connectivity index (χ0v) is 11.6. The molecule has 8 heteroatoms. The average Bonchev–Trinajstić information content (AvgIpc) is 2.34. The molecule has 4 nitrogen and oxygen atoms in total. The van der Waals surface area contributed by atoms with Crippen molar-refractivity contribution in [2.24, 2.45) is 0 Å². The van der Waals surface area contributed by atoms with Gasteiger partial charge in [-0.05, 0) is 30.3 Å². The number of nitrogens with zero attached hydrogens (tertiary/aromatic N) is 1. The van der Waals surface area contributed by atoms with Gasteiger partial charge in [0.15, 0.2) is 0 Å². The summed E-state index contributed by atoms with van der Waals surface area (Å²) in [4.78, 5) is 3.57. The smallest absolute Gasteiger partial charge is 0.263 e. The van der Waals surface area contributed by atoms with Crippen molar-refractivity contribution in [3.05, 3.63) is 52.5 Å². The Balaban J connectivity index is 2.36. The molecule has 0 amide bonds. The molecule has 0 radical (unpaired) electrons. The molecule has 0 spiro atoms. The molecule has 0 saturated carbocycles. The van der Waals surface area contributed by atoms with Crippen molar-refractivity contribution in [2.45, 2.75) is 4.90 Å². The largest absolute Gasteiger partial charge is 0.278 e. The summed E-state index contributed by atoms with van der Waals surface area (Å²) in [5.74, 6) is -0.601. The summed E-state index contributed by atoms with van der Waals surface area (Å²) in [5, 5.41) is 0.259. The predicted octanol–water partition coefficient (Wildman–Crippen LogP) is 3.33. The highest BCUT2D eigenvalue weighted by Crippen LogP contribution is 2.25. The Morgan fingerprint density at radius 1 is 1.16 bits per heavy atom. The fourth-order valence-corrected chi connectivity index (χ4v) is 2.65. The summed E-state index contributed by atoms with van der Waals surface area (Å²) in [7, 11) is -3.89. The van der Waals surface area contributed by atoms with Crippen LogP contribution in [-0.4, -0.2) is 13.4 Å². The van der Waals surface area contributed by atoms with Gasteiger partial charge in [-0.2, -0.15) is 0 Å². The van der Waals surface area contributed by atoms with Crippen molar-refractivity contribution >= 4 is 38.9 Å². The molecular formula is C11H7Cl2FN2O2S. The minimum atomic E-state index is -3.89. The maximum Gasteiger partial charge on any atom is 0.263 e. The lowest BCUT2D eigenvalue weighted by molar-refractivity contribution is 0.600. The van der Waals surface area contributed by atoms with E-state index in [-0.39, 0.29) is 20.8 Å². The van der Waals surface area contributed by atoms with Gasteiger partial charge in [0.1, 0.15) is 15.9 Å². The zero-order valence-electron chi connectivity index (χ0n) is 9.27. The topological polar surface area (TPSA) is 59.1 Å². The van der Waals surface area contributed by atoms with Gasteiger partial charge >= 0.3 is 0 Å². The van der Waals surface area contributed by atoms with Crippen LogP contribution < -0.4 is 4.72 Å². The highest BCUT2D eigenvalue weighted by Gasteiger charge is 2.16. The van der Waals surface area contributed by atoms with Crippen molar-refractivity contribution in [3.8, 4) is 0 Å². The molecule has 100 valence electrons. The number of hydrogen-bond donors (Lipinski definition) is 1. The first-order chi connectivity index (χ1) is 8.88. The zero-order chi connectivity index (χ0) is 14.0. The second-order valence-electron chi connectivity index (χ2n) is 3.55. The molecule has 0 aliphatic heterocycles. The molecule has 1 aromatic heterocycles. The summed E-state index contributed by atoms with van der Waals surface area (Å²) in [6.07, 6.45) is 1.10. The van der Waals surface area contributed by atoms with Gasteiger partial charge in [0, 0.05) is 6.20 Å². The fourth-order valence-electron chi connectivity index (χ4n) is 1.30. The molecule has 0 aliphatic rings. The third-order valence-corrected chi connectivity index (χ3v) is 4.09. The monoisotopic (exact) mass is 320 g/mol. The van der Waals surface area contributed by atoms with E-state index in [9.17, 15) is 12.8 Å². The van der Waals surface area contributed by atoms with Crippen LogP contribution in [0.5, 0.6) is 0 Å². The number of anilines is 1. The highest BCUT2D eigenvalue weighted by atomic mass is 35.5. The van der Waals surface area contributed by atoms with Crippen LogP contribution in [0.4, 0.5) is 10.1 Å². The molecule has 1 heterocycles. The van der Waals surface area contributed by atoms with Gasteiger partial charge in [-0.15, -0.1) is 0 Å². The molecule has 0 bridgehead atoms. The summed E-state index contributed by atoms with van der Waals surface area (Å²) in [6, 6.07) is 6.00. The van der Waals surface area contributed by atoms with Crippen LogP contribution >= 0.6 is 23.2 Å². The third kappa shape index (κ3) is 3.34. The predicted molar refractivity (Wildman–Crippen MR) is 71.5 cm³/mol. The van der Waals surface area contributed by atoms with Gasteiger partial charge in [-0.25, -0.2) is 17.8 Å². The van der Waals surface area contributed by atoms with Gasteiger partial charge in [0.05, 0.1) is 10.7 Å². The van der Waals surface area contributed by atoms with Crippen molar-refractivity contribution in [2.75, 3.05) is 4.72 Å². The summed E-state index contributed by atoms with van der Waals surface area (Å²) >= 11 is 11.4. The molecule has 19 heavy (non-hydrogen) atoms. The molecule has 2 rings (SSSR count). The molecule has 0 saturated heterocycles. The molecule has 1 N–H and O–H groups in total. The quantitative estimate of drug-likeness (QED) is 0.882. The minimum absolute atomic E-state index is 0.0448. The second-order valence-corrected chi connectivity index (χ2v) is 6.02. The van der Waals surface area contributed by atoms with E-state index in [2.05, 4.69) is 9.71 Å². The van der Waals surface area contributed by atoms with Gasteiger partial charge < -0.3 is 0 Å². The number of halogens is 3. The SMILES string of the molecule is O=S(=O)(Nc1cc(F)ccc1Cl)c1ccc(Cl)nc1. The molecule has 0 fully saturated rings. The van der Waals surface area contributed by atoms with E-state index in [0.29, 0.717) is 0 Å². The number of aromatic nitrogens is 1. The number of sulfonamides is 1. The Kier molecular flexibility index (Phi) is 3.93. The van der Waals surface area contributed by atoms with Gasteiger partial charge in [-0.1, -0.05) is 23.2 Å². The van der Waals surface area contributed by atoms with Crippen LogP contribution in [0, 0.1) is 5.82 Å². The van der Waals surface area contributed by atoms with E-state index in [1.807, 2.05) is 0 Å². The summed E-state index contributed by atoms with van der Waals surface area (Å²) in [6.45, 7) is 0. The molecule has 0 atom stereocenters. The van der Waals surface area contributed by atoms with Crippen LogP contribution in [0.1, 0.15) is 0 Å². The maximum absolute atomic E-state index is 13.1. The Morgan fingerprint density at radius 3 is 2.53 bits per heavy atom. The summed E-state index contributed by atoms with van der Waals surface area (Å²) in [5.41, 5.74) is -0.0448. The normalized spacial score (nSPS) is 11.3. The molecule has 0 aliphatic carbocycles. The van der Waals surface area contributed by atoms with Crippen LogP contribution in [0.2, 0.25) is 10.2 Å². The summed E-state index contributed by atoms with van der Waals surface area (Å²) < 4.78 is 39.2. The molecule has 1 aromatic carbocycles. The number of rotatable bonds is 3. The number of hydrogen-bond acceptors (Lipinski definition) is 3. The molecule has 0 unspecified atom stereocenters. The second kappa shape index (κ2) is 5.32. The Morgan fingerprint density at radius 2 is 1.89 bits per heavy atom. The lowest BCUT2D eigenvalue weighted by Crippen LogP contribution is -2.13. The van der Waals surface area contributed by atoms with E-state index in [1.54, 1.807) is 0 Å². The van der Waals surface area contributed by atoms with Gasteiger partial charge in [0.2, 0.25) is 0 Å². The number of pyridine rings is 1. The Bertz CT molecular complexity index is 705. The van der Waals surface area contributed by atoms with Crippen LogP contribution in [0.15, 0.2) is 41.4 Å². The van der Waals surface area contributed by atoms with Crippen LogP contribution in [-0.2, 0) is 10.0 Å². The van der Waals surface area contributed by atoms with E-state index < -0.39 is 15.8 Å². The van der Waals surface area contributed by atoms with Crippen molar-refractivity contribution in [3.63, 3.8) is 0 Å². The van der Waals surface area contributed by atoms with Gasteiger partial charge in [0.25, 0.3) is 10.0 Å². The van der Waals surface area contributed by atoms with Crippen molar-refractivity contribution in [1.29, 1.82) is 0 Å². The Hall–Kier alpha value is -1.37. The van der Waals surface area contributed by atoms with Crippen molar-refractivity contribution < 1.29 is 12.8 Å². The standard InChI is InChI=1S/C11H7Cl2FN2O2S/c12-9-3-1-7(14)5-10(9)16-19(17,18)8-2-4-11(13)15-6-8/h1-6,16H. The number of benzene rings is 1.